The largest absolute Gasteiger partial charge is 0.399 e. The highest BCUT2D eigenvalue weighted by Crippen LogP contribution is 2.29. The molecule has 0 aromatic heterocycles. The summed E-state index contributed by atoms with van der Waals surface area (Å²) in [5.41, 5.74) is 6.14. The van der Waals surface area contributed by atoms with Crippen LogP contribution >= 0.6 is 0 Å². The van der Waals surface area contributed by atoms with Crippen LogP contribution in [0.1, 0.15) is 25.7 Å². The van der Waals surface area contributed by atoms with E-state index in [2.05, 4.69) is 5.32 Å². The van der Waals surface area contributed by atoms with E-state index in [4.69, 9.17) is 5.73 Å². The van der Waals surface area contributed by atoms with Gasteiger partial charge in [-0.15, -0.1) is 0 Å². The summed E-state index contributed by atoms with van der Waals surface area (Å²) in [5.74, 6) is -0.102. The summed E-state index contributed by atoms with van der Waals surface area (Å²) in [7, 11) is 0. The molecule has 4 heteroatoms. The Morgan fingerprint density at radius 1 is 1.50 bits per heavy atom. The van der Waals surface area contributed by atoms with E-state index in [1.165, 1.54) is 24.6 Å². The van der Waals surface area contributed by atoms with Gasteiger partial charge < -0.3 is 11.1 Å². The summed E-state index contributed by atoms with van der Waals surface area (Å²) in [4.78, 5) is 11.6. The summed E-state index contributed by atoms with van der Waals surface area (Å²) in [5, 5.41) is 2.56. The molecule has 0 atom stereocenters. The highest BCUT2D eigenvalue weighted by Gasteiger charge is 2.21. The predicted molar refractivity (Wildman–Crippen MR) is 61.4 cm³/mol. The predicted octanol–water partition coefficient (Wildman–Crippen LogP) is 2.54. The van der Waals surface area contributed by atoms with Crippen LogP contribution in [-0.2, 0) is 4.79 Å². The van der Waals surface area contributed by atoms with Gasteiger partial charge in [0.25, 0.3) is 0 Å². The second kappa shape index (κ2) is 4.51. The topological polar surface area (TPSA) is 55.1 Å². The first-order chi connectivity index (χ1) is 7.65. The summed E-state index contributed by atoms with van der Waals surface area (Å²) >= 11 is 0. The van der Waals surface area contributed by atoms with Crippen molar-refractivity contribution in [3.8, 4) is 0 Å². The Hall–Kier alpha value is -1.58. The number of anilines is 2. The summed E-state index contributed by atoms with van der Waals surface area (Å²) in [6.45, 7) is 0. The average molecular weight is 222 g/mol. The quantitative estimate of drug-likeness (QED) is 0.772. The van der Waals surface area contributed by atoms with Gasteiger partial charge in [-0.05, 0) is 37.0 Å². The fourth-order valence-corrected chi connectivity index (χ4v) is 1.80. The minimum Gasteiger partial charge on any atom is -0.399 e. The van der Waals surface area contributed by atoms with Crippen molar-refractivity contribution in [2.45, 2.75) is 25.7 Å². The third-order valence-corrected chi connectivity index (χ3v) is 2.96. The van der Waals surface area contributed by atoms with Crippen LogP contribution in [0, 0.1) is 11.7 Å². The molecule has 1 saturated carbocycles. The van der Waals surface area contributed by atoms with E-state index in [9.17, 15) is 9.18 Å². The molecule has 3 nitrogen and oxygen atoms in total. The summed E-state index contributed by atoms with van der Waals surface area (Å²) < 4.78 is 13.3. The highest BCUT2D eigenvalue weighted by molar-refractivity contribution is 5.91. The number of nitrogens with one attached hydrogen (secondary N) is 1. The van der Waals surface area contributed by atoms with Gasteiger partial charge in [0, 0.05) is 12.1 Å². The third-order valence-electron chi connectivity index (χ3n) is 2.96. The lowest BCUT2D eigenvalue weighted by Crippen LogP contribution is -2.21. The first kappa shape index (κ1) is 10.9. The molecule has 0 spiro atoms. The van der Waals surface area contributed by atoms with Gasteiger partial charge in [0.05, 0.1) is 5.69 Å². The molecule has 16 heavy (non-hydrogen) atoms. The summed E-state index contributed by atoms with van der Waals surface area (Å²) in [6.07, 6.45) is 3.89. The van der Waals surface area contributed by atoms with Crippen LogP contribution in [0.2, 0.25) is 0 Å². The van der Waals surface area contributed by atoms with Gasteiger partial charge >= 0.3 is 0 Å². The normalized spacial score (nSPS) is 15.6. The maximum atomic E-state index is 13.3. The van der Waals surface area contributed by atoms with Gasteiger partial charge in [-0.25, -0.2) is 4.39 Å². The maximum Gasteiger partial charge on any atom is 0.224 e. The molecule has 2 rings (SSSR count). The standard InChI is InChI=1S/C12H15FN2O/c13-10-5-4-9(14)7-11(10)15-12(16)6-8-2-1-3-8/h4-5,7-8H,1-3,6,14H2,(H,15,16). The van der Waals surface area contributed by atoms with Crippen LogP contribution in [-0.4, -0.2) is 5.91 Å². The zero-order chi connectivity index (χ0) is 11.5. The monoisotopic (exact) mass is 222 g/mol. The van der Waals surface area contributed by atoms with Crippen LogP contribution in [0.4, 0.5) is 15.8 Å². The number of hydrogen-bond acceptors (Lipinski definition) is 2. The first-order valence-electron chi connectivity index (χ1n) is 5.50. The van der Waals surface area contributed by atoms with E-state index in [0.29, 0.717) is 18.0 Å². The Morgan fingerprint density at radius 2 is 2.25 bits per heavy atom. The van der Waals surface area contributed by atoms with E-state index < -0.39 is 5.82 Å². The minimum atomic E-state index is -0.448. The molecule has 0 aliphatic heterocycles. The zero-order valence-corrected chi connectivity index (χ0v) is 9.00. The van der Waals surface area contributed by atoms with Crippen LogP contribution < -0.4 is 11.1 Å². The third kappa shape index (κ3) is 2.51. The smallest absolute Gasteiger partial charge is 0.224 e. The molecule has 3 N–H and O–H groups in total. The van der Waals surface area contributed by atoms with Crippen molar-refractivity contribution in [2.24, 2.45) is 5.92 Å². The van der Waals surface area contributed by atoms with Crippen LogP contribution in [0.3, 0.4) is 0 Å². The van der Waals surface area contributed by atoms with Gasteiger partial charge in [0.1, 0.15) is 5.82 Å². The van der Waals surface area contributed by atoms with Gasteiger partial charge in [-0.1, -0.05) is 6.42 Å². The molecule has 0 heterocycles. The molecule has 1 amide bonds. The molecule has 1 aliphatic rings. The SMILES string of the molecule is Nc1ccc(F)c(NC(=O)CC2CCC2)c1. The number of carbonyl (C=O) groups excluding carboxylic acids is 1. The second-order valence-corrected chi connectivity index (χ2v) is 4.29. The highest BCUT2D eigenvalue weighted by atomic mass is 19.1. The van der Waals surface area contributed by atoms with Crippen molar-refractivity contribution in [3.63, 3.8) is 0 Å². The maximum absolute atomic E-state index is 13.3. The number of rotatable bonds is 3. The van der Waals surface area contributed by atoms with E-state index in [-0.39, 0.29) is 11.6 Å². The molecule has 0 unspecified atom stereocenters. The number of benzene rings is 1. The molecular formula is C12H15FN2O. The Bertz CT molecular complexity index is 402. The van der Waals surface area contributed by atoms with Gasteiger partial charge in [0.2, 0.25) is 5.91 Å². The molecule has 86 valence electrons. The number of carbonyl (C=O) groups is 1. The van der Waals surface area contributed by atoms with Crippen molar-refractivity contribution in [1.29, 1.82) is 0 Å². The van der Waals surface area contributed by atoms with Gasteiger partial charge in [0.15, 0.2) is 0 Å². The molecular weight excluding hydrogens is 207 g/mol. The van der Waals surface area contributed by atoms with Crippen LogP contribution in [0.15, 0.2) is 18.2 Å². The minimum absolute atomic E-state index is 0.130. The molecule has 0 bridgehead atoms. The number of nitrogen functional groups attached to an aromatic ring is 1. The van der Waals surface area contributed by atoms with Crippen molar-refractivity contribution in [2.75, 3.05) is 11.1 Å². The van der Waals surface area contributed by atoms with Gasteiger partial charge in [-0.2, -0.15) is 0 Å². The Kier molecular flexibility index (Phi) is 3.08. The fourth-order valence-electron chi connectivity index (χ4n) is 1.80. The van der Waals surface area contributed by atoms with Crippen LogP contribution in [0.25, 0.3) is 0 Å². The average Bonchev–Trinajstić information content (AvgIpc) is 2.18. The lowest BCUT2D eigenvalue weighted by molar-refractivity contribution is -0.117. The molecule has 1 aromatic carbocycles. The van der Waals surface area contributed by atoms with Crippen molar-refractivity contribution in [3.05, 3.63) is 24.0 Å². The summed E-state index contributed by atoms with van der Waals surface area (Å²) in [6, 6.07) is 4.17. The van der Waals surface area contributed by atoms with Crippen molar-refractivity contribution in [1.82, 2.24) is 0 Å². The Labute approximate surface area is 93.8 Å². The Balaban J connectivity index is 1.96. The molecule has 1 aromatic rings. The van der Waals surface area contributed by atoms with Crippen molar-refractivity contribution >= 4 is 17.3 Å². The second-order valence-electron chi connectivity index (χ2n) is 4.29. The number of hydrogen-bond donors (Lipinski definition) is 2. The van der Waals surface area contributed by atoms with Crippen LogP contribution in [0.5, 0.6) is 0 Å². The number of nitrogens with two attached hydrogens (primary N) is 1. The number of amides is 1. The zero-order valence-electron chi connectivity index (χ0n) is 9.00. The molecule has 1 fully saturated rings. The molecule has 0 saturated heterocycles. The molecule has 0 radical (unpaired) electrons. The van der Waals surface area contributed by atoms with E-state index in [1.54, 1.807) is 0 Å². The van der Waals surface area contributed by atoms with E-state index >= 15 is 0 Å². The lowest BCUT2D eigenvalue weighted by atomic mass is 9.83. The lowest BCUT2D eigenvalue weighted by Gasteiger charge is -2.24. The molecule has 1 aliphatic carbocycles. The van der Waals surface area contributed by atoms with Gasteiger partial charge in [-0.3, -0.25) is 4.79 Å². The number of halogens is 1. The van der Waals surface area contributed by atoms with E-state index in [0.717, 1.165) is 12.8 Å². The fraction of sp³-hybridized carbons (Fsp3) is 0.417. The van der Waals surface area contributed by atoms with E-state index in [1.807, 2.05) is 0 Å². The first-order valence-corrected chi connectivity index (χ1v) is 5.50. The van der Waals surface area contributed by atoms with Crippen molar-refractivity contribution < 1.29 is 9.18 Å². The Morgan fingerprint density at radius 3 is 2.88 bits per heavy atom.